The third-order valence-electron chi connectivity index (χ3n) is 5.22. The first-order valence-corrected chi connectivity index (χ1v) is 10.4. The Hall–Kier alpha value is -3.34. The van der Waals surface area contributed by atoms with Gasteiger partial charge < -0.3 is 9.42 Å². The fourth-order valence-electron chi connectivity index (χ4n) is 3.57. The lowest BCUT2D eigenvalue weighted by Crippen LogP contribution is -2.49. The summed E-state index contributed by atoms with van der Waals surface area (Å²) in [5.41, 5.74) is 2.94. The van der Waals surface area contributed by atoms with Gasteiger partial charge in [0.1, 0.15) is 0 Å². The molecule has 1 aliphatic rings. The molecule has 0 atom stereocenters. The molecule has 7 heteroatoms. The molecule has 1 saturated heterocycles. The SMILES string of the molecule is CN(C)CC#Cc1cccc(CN2CCN(C(=O)Nc3noc4ccccc34)CC2)c1. The van der Waals surface area contributed by atoms with E-state index in [1.807, 2.05) is 49.3 Å². The molecular formula is C24H27N5O2. The number of amides is 2. The molecule has 160 valence electrons. The molecule has 2 aromatic carbocycles. The Morgan fingerprint density at radius 3 is 2.74 bits per heavy atom. The van der Waals surface area contributed by atoms with Gasteiger partial charge in [-0.1, -0.05) is 41.3 Å². The van der Waals surface area contributed by atoms with Crippen molar-refractivity contribution in [3.05, 3.63) is 59.7 Å². The first-order valence-electron chi connectivity index (χ1n) is 10.4. The normalized spacial score (nSPS) is 14.5. The second-order valence-electron chi connectivity index (χ2n) is 7.96. The summed E-state index contributed by atoms with van der Waals surface area (Å²) in [4.78, 5) is 18.9. The minimum Gasteiger partial charge on any atom is -0.354 e. The van der Waals surface area contributed by atoms with E-state index in [9.17, 15) is 4.79 Å². The zero-order valence-corrected chi connectivity index (χ0v) is 18.0. The number of nitrogens with zero attached hydrogens (tertiary/aromatic N) is 4. The molecule has 0 bridgehead atoms. The molecule has 1 aromatic heterocycles. The van der Waals surface area contributed by atoms with Crippen molar-refractivity contribution < 1.29 is 9.32 Å². The van der Waals surface area contributed by atoms with Gasteiger partial charge in [-0.25, -0.2) is 4.79 Å². The summed E-state index contributed by atoms with van der Waals surface area (Å²) in [6.07, 6.45) is 0. The molecule has 0 unspecified atom stereocenters. The van der Waals surface area contributed by atoms with E-state index in [0.717, 1.165) is 37.1 Å². The zero-order chi connectivity index (χ0) is 21.6. The molecule has 0 radical (unpaired) electrons. The lowest BCUT2D eigenvalue weighted by Gasteiger charge is -2.34. The molecule has 4 rings (SSSR count). The smallest absolute Gasteiger partial charge is 0.323 e. The van der Waals surface area contributed by atoms with E-state index < -0.39 is 0 Å². The van der Waals surface area contributed by atoms with Crippen LogP contribution in [0.1, 0.15) is 11.1 Å². The van der Waals surface area contributed by atoms with Gasteiger partial charge in [-0.05, 0) is 43.9 Å². The number of hydrogen-bond acceptors (Lipinski definition) is 5. The molecule has 0 aliphatic carbocycles. The number of para-hydroxylation sites is 1. The van der Waals surface area contributed by atoms with Crippen molar-refractivity contribution in [3.63, 3.8) is 0 Å². The van der Waals surface area contributed by atoms with Gasteiger partial charge in [0.25, 0.3) is 0 Å². The summed E-state index contributed by atoms with van der Waals surface area (Å²) in [7, 11) is 4.03. The number of fused-ring (bicyclic) bond motifs is 1. The summed E-state index contributed by atoms with van der Waals surface area (Å²) in [5, 5.41) is 7.67. The highest BCUT2D eigenvalue weighted by molar-refractivity contribution is 5.98. The van der Waals surface area contributed by atoms with Gasteiger partial charge in [-0.3, -0.25) is 15.1 Å². The van der Waals surface area contributed by atoms with Crippen LogP contribution in [0.4, 0.5) is 10.6 Å². The number of benzene rings is 2. The first kappa shape index (κ1) is 20.9. The maximum absolute atomic E-state index is 12.7. The van der Waals surface area contributed by atoms with E-state index in [4.69, 9.17) is 4.52 Å². The molecule has 2 heterocycles. The Morgan fingerprint density at radius 1 is 1.13 bits per heavy atom. The average molecular weight is 418 g/mol. The first-order chi connectivity index (χ1) is 15.1. The van der Waals surface area contributed by atoms with Crippen LogP contribution < -0.4 is 5.32 Å². The van der Waals surface area contributed by atoms with Crippen LogP contribution in [0.5, 0.6) is 0 Å². The molecule has 1 N–H and O–H groups in total. The summed E-state index contributed by atoms with van der Waals surface area (Å²) < 4.78 is 5.26. The van der Waals surface area contributed by atoms with Gasteiger partial charge in [-0.15, -0.1) is 0 Å². The number of piperazine rings is 1. The molecular weight excluding hydrogens is 390 g/mol. The van der Waals surface area contributed by atoms with Crippen molar-refractivity contribution in [2.75, 3.05) is 52.1 Å². The molecule has 0 spiro atoms. The van der Waals surface area contributed by atoms with Crippen LogP contribution in [-0.2, 0) is 6.54 Å². The second-order valence-corrected chi connectivity index (χ2v) is 7.96. The number of urea groups is 1. The topological polar surface area (TPSA) is 64.8 Å². The van der Waals surface area contributed by atoms with Crippen molar-refractivity contribution in [1.82, 2.24) is 19.9 Å². The molecule has 2 amide bonds. The van der Waals surface area contributed by atoms with E-state index >= 15 is 0 Å². The fourth-order valence-corrected chi connectivity index (χ4v) is 3.57. The van der Waals surface area contributed by atoms with Gasteiger partial charge in [0.15, 0.2) is 11.4 Å². The van der Waals surface area contributed by atoms with Crippen molar-refractivity contribution in [1.29, 1.82) is 0 Å². The van der Waals surface area contributed by atoms with Crippen LogP contribution in [0, 0.1) is 11.8 Å². The Labute approximate surface area is 182 Å². The van der Waals surface area contributed by atoms with Gasteiger partial charge in [0.05, 0.1) is 11.9 Å². The molecule has 31 heavy (non-hydrogen) atoms. The molecule has 1 aliphatic heterocycles. The lowest BCUT2D eigenvalue weighted by molar-refractivity contribution is 0.143. The summed E-state index contributed by atoms with van der Waals surface area (Å²) in [6.45, 7) is 4.59. The van der Waals surface area contributed by atoms with E-state index in [0.29, 0.717) is 24.5 Å². The van der Waals surface area contributed by atoms with E-state index in [-0.39, 0.29) is 6.03 Å². The Balaban J connectivity index is 1.29. The zero-order valence-electron chi connectivity index (χ0n) is 18.0. The van der Waals surface area contributed by atoms with E-state index in [1.165, 1.54) is 5.56 Å². The number of aromatic nitrogens is 1. The monoisotopic (exact) mass is 417 g/mol. The van der Waals surface area contributed by atoms with E-state index in [1.54, 1.807) is 0 Å². The van der Waals surface area contributed by atoms with Gasteiger partial charge in [0.2, 0.25) is 0 Å². The van der Waals surface area contributed by atoms with Crippen LogP contribution in [0.15, 0.2) is 53.1 Å². The lowest BCUT2D eigenvalue weighted by atomic mass is 10.1. The maximum atomic E-state index is 12.7. The Morgan fingerprint density at radius 2 is 1.94 bits per heavy atom. The largest absolute Gasteiger partial charge is 0.354 e. The highest BCUT2D eigenvalue weighted by Crippen LogP contribution is 2.22. The Bertz CT molecular complexity index is 1100. The summed E-state index contributed by atoms with van der Waals surface area (Å²) in [5.74, 6) is 6.87. The van der Waals surface area contributed by atoms with Crippen molar-refractivity contribution >= 4 is 22.8 Å². The molecule has 7 nitrogen and oxygen atoms in total. The highest BCUT2D eigenvalue weighted by atomic mass is 16.5. The molecule has 1 fully saturated rings. The molecule has 3 aromatic rings. The number of rotatable bonds is 4. The number of hydrogen-bond donors (Lipinski definition) is 1. The van der Waals surface area contributed by atoms with Crippen molar-refractivity contribution in [3.8, 4) is 11.8 Å². The standard InChI is InChI=1S/C24H27N5O2/c1-27(2)12-6-9-19-7-5-8-20(17-19)18-28-13-15-29(16-14-28)24(30)25-23-21-10-3-4-11-22(21)31-26-23/h3-5,7-8,10-11,17H,12-16,18H2,1-2H3,(H,25,26,30). The Kier molecular flexibility index (Phi) is 6.51. The third kappa shape index (κ3) is 5.43. The second kappa shape index (κ2) is 9.65. The summed E-state index contributed by atoms with van der Waals surface area (Å²) in [6, 6.07) is 15.7. The highest BCUT2D eigenvalue weighted by Gasteiger charge is 2.22. The number of nitrogens with one attached hydrogen (secondary N) is 1. The van der Waals surface area contributed by atoms with Gasteiger partial charge >= 0.3 is 6.03 Å². The number of carbonyl (C=O) groups excluding carboxylic acids is 1. The number of anilines is 1. The minimum atomic E-state index is -0.142. The predicted octanol–water partition coefficient (Wildman–Crippen LogP) is 3.09. The maximum Gasteiger partial charge on any atom is 0.323 e. The fraction of sp³-hybridized carbons (Fsp3) is 0.333. The van der Waals surface area contributed by atoms with Crippen LogP contribution in [0.25, 0.3) is 11.0 Å². The van der Waals surface area contributed by atoms with Crippen LogP contribution >= 0.6 is 0 Å². The summed E-state index contributed by atoms with van der Waals surface area (Å²) >= 11 is 0. The van der Waals surface area contributed by atoms with Crippen molar-refractivity contribution in [2.45, 2.75) is 6.54 Å². The number of carbonyl (C=O) groups is 1. The van der Waals surface area contributed by atoms with Crippen LogP contribution in [0.2, 0.25) is 0 Å². The quantitative estimate of drug-likeness (QED) is 0.661. The van der Waals surface area contributed by atoms with Gasteiger partial charge in [-0.2, -0.15) is 0 Å². The van der Waals surface area contributed by atoms with Gasteiger partial charge in [0, 0.05) is 38.3 Å². The average Bonchev–Trinajstić information content (AvgIpc) is 3.17. The van der Waals surface area contributed by atoms with Crippen LogP contribution in [-0.4, -0.2) is 72.7 Å². The van der Waals surface area contributed by atoms with Crippen molar-refractivity contribution in [2.24, 2.45) is 0 Å². The molecule has 0 saturated carbocycles. The third-order valence-corrected chi connectivity index (χ3v) is 5.22. The van der Waals surface area contributed by atoms with Crippen LogP contribution in [0.3, 0.4) is 0 Å². The predicted molar refractivity (Wildman–Crippen MR) is 122 cm³/mol. The minimum absolute atomic E-state index is 0.142. The van der Waals surface area contributed by atoms with E-state index in [2.05, 4.69) is 50.3 Å².